The second kappa shape index (κ2) is 12.2. The molecule has 37 heavy (non-hydrogen) atoms. The van der Waals surface area contributed by atoms with Gasteiger partial charge < -0.3 is 14.4 Å². The summed E-state index contributed by atoms with van der Waals surface area (Å²) >= 11 is 0. The molecule has 1 heterocycles. The number of carbonyl (C=O) groups is 1. The fraction of sp³-hybridized carbons (Fsp3) is 0.387. The van der Waals surface area contributed by atoms with E-state index in [0.717, 1.165) is 36.7 Å². The number of amides is 1. The third-order valence-corrected chi connectivity index (χ3v) is 6.99. The van der Waals surface area contributed by atoms with Gasteiger partial charge in [-0.15, -0.1) is 0 Å². The minimum absolute atomic E-state index is 0.137. The van der Waals surface area contributed by atoms with Crippen molar-refractivity contribution in [2.75, 3.05) is 40.4 Å². The van der Waals surface area contributed by atoms with E-state index in [0.29, 0.717) is 13.1 Å². The third-order valence-electron chi connectivity index (χ3n) is 6.99. The Morgan fingerprint density at radius 1 is 0.973 bits per heavy atom. The van der Waals surface area contributed by atoms with Crippen LogP contribution in [0.15, 0.2) is 72.8 Å². The second-order valence-electron chi connectivity index (χ2n) is 10.3. The zero-order valence-corrected chi connectivity index (χ0v) is 22.2. The van der Waals surface area contributed by atoms with Crippen LogP contribution < -0.4 is 9.47 Å². The lowest BCUT2D eigenvalue weighted by Crippen LogP contribution is -2.40. The number of nitrogens with zero attached hydrogens (tertiary/aromatic N) is 2. The van der Waals surface area contributed by atoms with Gasteiger partial charge in [-0.2, -0.15) is 0 Å². The quantitative estimate of drug-likeness (QED) is 0.347. The topological polar surface area (TPSA) is 42.0 Å². The molecule has 0 N–H and O–H groups in total. The Hall–Kier alpha value is -3.38. The van der Waals surface area contributed by atoms with Crippen molar-refractivity contribution in [2.45, 2.75) is 26.3 Å². The second-order valence-corrected chi connectivity index (χ2v) is 10.3. The number of methoxy groups -OCH3 is 2. The zero-order chi connectivity index (χ0) is 26.4. The molecule has 0 spiro atoms. The SMILES string of the molecule is COc1cc(CN2C[C@@H](CN(CC(C)C)C(=O)c3ccccc3F)[C@@H](c3ccccc3)C2)cc(OC)c1. The first-order chi connectivity index (χ1) is 17.9. The van der Waals surface area contributed by atoms with E-state index in [-0.39, 0.29) is 29.2 Å². The molecule has 1 aliphatic rings. The van der Waals surface area contributed by atoms with Crippen molar-refractivity contribution in [3.8, 4) is 11.5 Å². The number of hydrogen-bond donors (Lipinski definition) is 0. The van der Waals surface area contributed by atoms with Crippen LogP contribution in [0.25, 0.3) is 0 Å². The summed E-state index contributed by atoms with van der Waals surface area (Å²) in [4.78, 5) is 17.8. The van der Waals surface area contributed by atoms with Crippen LogP contribution in [-0.2, 0) is 6.54 Å². The molecule has 3 aromatic carbocycles. The van der Waals surface area contributed by atoms with Crippen molar-refractivity contribution >= 4 is 5.91 Å². The lowest BCUT2D eigenvalue weighted by atomic mass is 9.88. The van der Waals surface area contributed by atoms with Crippen LogP contribution >= 0.6 is 0 Å². The van der Waals surface area contributed by atoms with Gasteiger partial charge in [0.2, 0.25) is 0 Å². The lowest BCUT2D eigenvalue weighted by Gasteiger charge is -2.30. The van der Waals surface area contributed by atoms with Gasteiger partial charge >= 0.3 is 0 Å². The predicted molar refractivity (Wildman–Crippen MR) is 145 cm³/mol. The molecule has 0 saturated carbocycles. The Bertz CT molecular complexity index is 1160. The van der Waals surface area contributed by atoms with E-state index >= 15 is 0 Å². The molecule has 196 valence electrons. The van der Waals surface area contributed by atoms with Crippen LogP contribution in [0.3, 0.4) is 0 Å². The van der Waals surface area contributed by atoms with Gasteiger partial charge in [0, 0.05) is 44.7 Å². The molecule has 3 aromatic rings. The summed E-state index contributed by atoms with van der Waals surface area (Å²) in [6.07, 6.45) is 0. The first kappa shape index (κ1) is 26.7. The number of benzene rings is 3. The van der Waals surface area contributed by atoms with Gasteiger partial charge in [-0.05, 0) is 47.2 Å². The molecule has 1 saturated heterocycles. The van der Waals surface area contributed by atoms with Gasteiger partial charge in [0.25, 0.3) is 5.91 Å². The van der Waals surface area contributed by atoms with Gasteiger partial charge in [-0.25, -0.2) is 4.39 Å². The van der Waals surface area contributed by atoms with Gasteiger partial charge in [0.05, 0.1) is 19.8 Å². The average Bonchev–Trinajstić information content (AvgIpc) is 3.30. The molecule has 2 atom stereocenters. The number of halogens is 1. The molecule has 0 aliphatic carbocycles. The normalized spacial score (nSPS) is 17.7. The van der Waals surface area contributed by atoms with Crippen LogP contribution in [0.4, 0.5) is 4.39 Å². The van der Waals surface area contributed by atoms with Crippen molar-refractivity contribution in [3.63, 3.8) is 0 Å². The van der Waals surface area contributed by atoms with Crippen LogP contribution in [0.1, 0.15) is 41.3 Å². The number of ether oxygens (including phenoxy) is 2. The van der Waals surface area contributed by atoms with Gasteiger partial charge in [0.1, 0.15) is 17.3 Å². The molecule has 0 unspecified atom stereocenters. The zero-order valence-electron chi connectivity index (χ0n) is 22.2. The lowest BCUT2D eigenvalue weighted by molar-refractivity contribution is 0.0698. The Kier molecular flexibility index (Phi) is 8.82. The third kappa shape index (κ3) is 6.69. The number of rotatable bonds is 10. The molecule has 6 heteroatoms. The average molecular weight is 505 g/mol. The Balaban J connectivity index is 1.59. The highest BCUT2D eigenvalue weighted by Crippen LogP contribution is 2.35. The van der Waals surface area contributed by atoms with Crippen LogP contribution in [0.5, 0.6) is 11.5 Å². The molecule has 1 amide bonds. The summed E-state index contributed by atoms with van der Waals surface area (Å²) in [5.74, 6) is 1.57. The highest BCUT2D eigenvalue weighted by molar-refractivity contribution is 5.94. The van der Waals surface area contributed by atoms with E-state index in [1.165, 1.54) is 11.6 Å². The summed E-state index contributed by atoms with van der Waals surface area (Å²) in [7, 11) is 3.32. The molecular formula is C31H37FN2O3. The molecule has 5 nitrogen and oxygen atoms in total. The maximum atomic E-state index is 14.5. The van der Waals surface area contributed by atoms with Gasteiger partial charge in [0.15, 0.2) is 0 Å². The number of hydrogen-bond acceptors (Lipinski definition) is 4. The summed E-state index contributed by atoms with van der Waals surface area (Å²) < 4.78 is 25.5. The summed E-state index contributed by atoms with van der Waals surface area (Å²) in [6.45, 7) is 7.79. The summed E-state index contributed by atoms with van der Waals surface area (Å²) in [5, 5.41) is 0. The van der Waals surface area contributed by atoms with Crippen molar-refractivity contribution < 1.29 is 18.7 Å². The van der Waals surface area contributed by atoms with E-state index < -0.39 is 5.82 Å². The molecule has 1 aliphatic heterocycles. The van der Waals surface area contributed by atoms with E-state index in [4.69, 9.17) is 9.47 Å². The standard InChI is InChI=1S/C31H37FN2O3/c1-22(2)17-34(31(35)28-12-8-9-13-30(28)32)20-25-19-33(21-29(25)24-10-6-5-7-11-24)18-23-14-26(36-3)16-27(15-23)37-4/h5-16,22,25,29H,17-21H2,1-4H3/t25-,29+/m0/s1. The van der Waals surface area contributed by atoms with Crippen molar-refractivity contribution in [2.24, 2.45) is 11.8 Å². The first-order valence-corrected chi connectivity index (χ1v) is 12.9. The Morgan fingerprint density at radius 3 is 2.24 bits per heavy atom. The summed E-state index contributed by atoms with van der Waals surface area (Å²) in [5.41, 5.74) is 2.52. The minimum Gasteiger partial charge on any atom is -0.497 e. The smallest absolute Gasteiger partial charge is 0.256 e. The van der Waals surface area contributed by atoms with E-state index in [1.54, 1.807) is 32.4 Å². The fourth-order valence-corrected chi connectivity index (χ4v) is 5.34. The van der Waals surface area contributed by atoms with Gasteiger partial charge in [-0.3, -0.25) is 9.69 Å². The predicted octanol–water partition coefficient (Wildman–Crippen LogP) is 5.86. The van der Waals surface area contributed by atoms with Gasteiger partial charge in [-0.1, -0.05) is 56.3 Å². The number of carbonyl (C=O) groups excluding carboxylic acids is 1. The highest BCUT2D eigenvalue weighted by Gasteiger charge is 2.36. The van der Waals surface area contributed by atoms with Crippen molar-refractivity contribution in [1.82, 2.24) is 9.80 Å². The Morgan fingerprint density at radius 2 is 1.62 bits per heavy atom. The summed E-state index contributed by atoms with van der Waals surface area (Å²) in [6, 6.07) is 22.7. The van der Waals surface area contributed by atoms with Crippen LogP contribution in [0.2, 0.25) is 0 Å². The maximum Gasteiger partial charge on any atom is 0.256 e. The van der Waals surface area contributed by atoms with E-state index in [2.05, 4.69) is 43.0 Å². The monoisotopic (exact) mass is 504 g/mol. The Labute approximate surface area is 219 Å². The largest absolute Gasteiger partial charge is 0.497 e. The molecule has 0 radical (unpaired) electrons. The molecular weight excluding hydrogens is 467 g/mol. The molecule has 4 rings (SSSR count). The van der Waals surface area contributed by atoms with Crippen molar-refractivity contribution in [3.05, 3.63) is 95.3 Å². The van der Waals surface area contributed by atoms with Crippen LogP contribution in [-0.4, -0.2) is 56.1 Å². The van der Waals surface area contributed by atoms with Crippen molar-refractivity contribution in [1.29, 1.82) is 0 Å². The molecule has 0 bridgehead atoms. The minimum atomic E-state index is -0.471. The molecule has 0 aromatic heterocycles. The first-order valence-electron chi connectivity index (χ1n) is 12.9. The highest BCUT2D eigenvalue weighted by atomic mass is 19.1. The maximum absolute atomic E-state index is 14.5. The van der Waals surface area contributed by atoms with Crippen LogP contribution in [0, 0.1) is 17.7 Å². The van der Waals surface area contributed by atoms with E-state index in [1.807, 2.05) is 29.2 Å². The van der Waals surface area contributed by atoms with E-state index in [9.17, 15) is 9.18 Å². The fourth-order valence-electron chi connectivity index (χ4n) is 5.34. The number of likely N-dealkylation sites (tertiary alicyclic amines) is 1. The molecule has 1 fully saturated rings.